The van der Waals surface area contributed by atoms with Gasteiger partial charge in [-0.2, -0.15) is 0 Å². The quantitative estimate of drug-likeness (QED) is 0.694. The molecule has 1 heterocycles. The Morgan fingerprint density at radius 3 is 2.78 bits per heavy atom. The standard InChI is InChI=1S/C12H10BrN3O2/c13-10-5-3-7-14-12(10)15-8-9-4-1-2-6-11(9)16(17)18/h1-7H,8H2,(H,14,15). The zero-order valence-electron chi connectivity index (χ0n) is 9.34. The number of halogens is 1. The second kappa shape index (κ2) is 5.59. The van der Waals surface area contributed by atoms with Crippen molar-refractivity contribution >= 4 is 27.4 Å². The first-order valence-corrected chi connectivity index (χ1v) is 6.04. The molecule has 1 aromatic heterocycles. The van der Waals surface area contributed by atoms with Gasteiger partial charge in [0, 0.05) is 24.4 Å². The van der Waals surface area contributed by atoms with Gasteiger partial charge < -0.3 is 5.32 Å². The van der Waals surface area contributed by atoms with Crippen molar-refractivity contribution in [2.45, 2.75) is 6.54 Å². The van der Waals surface area contributed by atoms with Crippen molar-refractivity contribution in [1.82, 2.24) is 4.98 Å². The summed E-state index contributed by atoms with van der Waals surface area (Å²) in [5, 5.41) is 13.9. The normalized spacial score (nSPS) is 10.1. The zero-order valence-corrected chi connectivity index (χ0v) is 10.9. The van der Waals surface area contributed by atoms with Crippen LogP contribution >= 0.6 is 15.9 Å². The number of hydrogen-bond acceptors (Lipinski definition) is 4. The number of hydrogen-bond donors (Lipinski definition) is 1. The lowest BCUT2D eigenvalue weighted by molar-refractivity contribution is -0.385. The highest BCUT2D eigenvalue weighted by Crippen LogP contribution is 2.22. The number of nitrogens with one attached hydrogen (secondary N) is 1. The molecule has 92 valence electrons. The maximum Gasteiger partial charge on any atom is 0.274 e. The molecule has 0 unspecified atom stereocenters. The van der Waals surface area contributed by atoms with E-state index in [4.69, 9.17) is 0 Å². The monoisotopic (exact) mass is 307 g/mol. The number of benzene rings is 1. The maximum absolute atomic E-state index is 10.9. The fourth-order valence-electron chi connectivity index (χ4n) is 1.53. The van der Waals surface area contributed by atoms with Gasteiger partial charge in [-0.15, -0.1) is 0 Å². The molecule has 0 spiro atoms. The van der Waals surface area contributed by atoms with E-state index in [1.165, 1.54) is 6.07 Å². The summed E-state index contributed by atoms with van der Waals surface area (Å²) in [6, 6.07) is 10.3. The molecular weight excluding hydrogens is 298 g/mol. The third-order valence-electron chi connectivity index (χ3n) is 2.39. The van der Waals surface area contributed by atoms with Crippen molar-refractivity contribution in [3.8, 4) is 0 Å². The van der Waals surface area contributed by atoms with Crippen molar-refractivity contribution in [3.63, 3.8) is 0 Å². The van der Waals surface area contributed by atoms with E-state index in [2.05, 4.69) is 26.2 Å². The van der Waals surface area contributed by atoms with Crippen molar-refractivity contribution in [1.29, 1.82) is 0 Å². The Hall–Kier alpha value is -1.95. The Kier molecular flexibility index (Phi) is 3.88. The predicted octanol–water partition coefficient (Wildman–Crippen LogP) is 3.36. The van der Waals surface area contributed by atoms with Crippen molar-refractivity contribution < 1.29 is 4.92 Å². The molecule has 0 radical (unpaired) electrons. The Morgan fingerprint density at radius 2 is 2.06 bits per heavy atom. The van der Waals surface area contributed by atoms with Crippen molar-refractivity contribution in [2.24, 2.45) is 0 Å². The van der Waals surface area contributed by atoms with Crippen LogP contribution in [0.15, 0.2) is 47.1 Å². The van der Waals surface area contributed by atoms with Gasteiger partial charge in [-0.3, -0.25) is 10.1 Å². The van der Waals surface area contributed by atoms with Gasteiger partial charge in [-0.05, 0) is 28.1 Å². The lowest BCUT2D eigenvalue weighted by Gasteiger charge is -2.07. The predicted molar refractivity (Wildman–Crippen MR) is 72.4 cm³/mol. The summed E-state index contributed by atoms with van der Waals surface area (Å²) in [4.78, 5) is 14.6. The van der Waals surface area contributed by atoms with E-state index in [0.717, 1.165) is 4.47 Å². The van der Waals surface area contributed by atoms with Gasteiger partial charge in [0.15, 0.2) is 0 Å². The van der Waals surface area contributed by atoms with E-state index in [1.807, 2.05) is 6.07 Å². The minimum absolute atomic E-state index is 0.108. The first kappa shape index (κ1) is 12.5. The number of para-hydroxylation sites is 1. The molecule has 18 heavy (non-hydrogen) atoms. The molecule has 1 N–H and O–H groups in total. The fourth-order valence-corrected chi connectivity index (χ4v) is 1.93. The number of nitrogens with zero attached hydrogens (tertiary/aromatic N) is 2. The van der Waals surface area contributed by atoms with Crippen LogP contribution in [0.2, 0.25) is 0 Å². The number of aromatic nitrogens is 1. The lowest BCUT2D eigenvalue weighted by atomic mass is 10.2. The van der Waals surface area contributed by atoms with Crippen LogP contribution in [-0.4, -0.2) is 9.91 Å². The van der Waals surface area contributed by atoms with Crippen LogP contribution in [0.4, 0.5) is 11.5 Å². The summed E-state index contributed by atoms with van der Waals surface area (Å²) in [5.74, 6) is 0.663. The van der Waals surface area contributed by atoms with E-state index in [1.54, 1.807) is 30.5 Å². The average Bonchev–Trinajstić information content (AvgIpc) is 2.38. The van der Waals surface area contributed by atoms with Gasteiger partial charge in [0.25, 0.3) is 5.69 Å². The summed E-state index contributed by atoms with van der Waals surface area (Å²) in [7, 11) is 0. The Balaban J connectivity index is 2.16. The van der Waals surface area contributed by atoms with Gasteiger partial charge in [-0.1, -0.05) is 18.2 Å². The number of rotatable bonds is 4. The maximum atomic E-state index is 10.9. The Morgan fingerprint density at radius 1 is 1.28 bits per heavy atom. The molecule has 1 aromatic carbocycles. The summed E-state index contributed by atoms with van der Waals surface area (Å²) in [6.45, 7) is 0.354. The van der Waals surface area contributed by atoms with E-state index in [-0.39, 0.29) is 10.6 Å². The van der Waals surface area contributed by atoms with Gasteiger partial charge in [0.05, 0.1) is 9.40 Å². The SMILES string of the molecule is O=[N+]([O-])c1ccccc1CNc1ncccc1Br. The summed E-state index contributed by atoms with van der Waals surface area (Å²) in [6.07, 6.45) is 1.66. The van der Waals surface area contributed by atoms with Gasteiger partial charge >= 0.3 is 0 Å². The lowest BCUT2D eigenvalue weighted by Crippen LogP contribution is -2.04. The highest BCUT2D eigenvalue weighted by atomic mass is 79.9. The van der Waals surface area contributed by atoms with Crippen molar-refractivity contribution in [2.75, 3.05) is 5.32 Å². The molecule has 0 amide bonds. The number of nitro benzene ring substituents is 1. The molecule has 0 aliphatic heterocycles. The number of pyridine rings is 1. The highest BCUT2D eigenvalue weighted by Gasteiger charge is 2.12. The van der Waals surface area contributed by atoms with Gasteiger partial charge in [0.1, 0.15) is 5.82 Å². The average molecular weight is 308 g/mol. The fraction of sp³-hybridized carbons (Fsp3) is 0.0833. The third kappa shape index (κ3) is 2.84. The number of anilines is 1. The third-order valence-corrected chi connectivity index (χ3v) is 3.03. The van der Waals surface area contributed by atoms with Crippen molar-refractivity contribution in [3.05, 3.63) is 62.7 Å². The minimum Gasteiger partial charge on any atom is -0.365 e. The van der Waals surface area contributed by atoms with Crippen LogP contribution in [-0.2, 0) is 6.54 Å². The molecule has 5 nitrogen and oxygen atoms in total. The summed E-state index contributed by atoms with van der Waals surface area (Å²) in [5.41, 5.74) is 0.733. The van der Waals surface area contributed by atoms with Crippen LogP contribution in [0.3, 0.4) is 0 Å². The zero-order chi connectivity index (χ0) is 13.0. The molecular formula is C12H10BrN3O2. The molecule has 0 atom stereocenters. The topological polar surface area (TPSA) is 68.1 Å². The molecule has 0 fully saturated rings. The number of nitro groups is 1. The smallest absolute Gasteiger partial charge is 0.274 e. The van der Waals surface area contributed by atoms with E-state index in [0.29, 0.717) is 17.9 Å². The molecule has 0 aliphatic carbocycles. The van der Waals surface area contributed by atoms with Crippen LogP contribution < -0.4 is 5.32 Å². The first-order valence-electron chi connectivity index (χ1n) is 5.25. The van der Waals surface area contributed by atoms with Crippen LogP contribution in [0, 0.1) is 10.1 Å². The highest BCUT2D eigenvalue weighted by molar-refractivity contribution is 9.10. The van der Waals surface area contributed by atoms with E-state index in [9.17, 15) is 10.1 Å². The molecule has 0 aliphatic rings. The molecule has 6 heteroatoms. The van der Waals surface area contributed by atoms with Crippen LogP contribution in [0.25, 0.3) is 0 Å². The minimum atomic E-state index is -0.384. The molecule has 0 saturated carbocycles. The molecule has 2 aromatic rings. The van der Waals surface area contributed by atoms with Crippen LogP contribution in [0.5, 0.6) is 0 Å². The van der Waals surface area contributed by atoms with Gasteiger partial charge in [-0.25, -0.2) is 4.98 Å². The molecule has 2 rings (SSSR count). The Bertz CT molecular complexity index is 575. The Labute approximate surface area is 112 Å². The van der Waals surface area contributed by atoms with E-state index >= 15 is 0 Å². The largest absolute Gasteiger partial charge is 0.365 e. The van der Waals surface area contributed by atoms with Crippen LogP contribution in [0.1, 0.15) is 5.56 Å². The second-order valence-electron chi connectivity index (χ2n) is 3.57. The first-order chi connectivity index (χ1) is 8.68. The summed E-state index contributed by atoms with van der Waals surface area (Å²) < 4.78 is 0.823. The second-order valence-corrected chi connectivity index (χ2v) is 4.43. The van der Waals surface area contributed by atoms with Gasteiger partial charge in [0.2, 0.25) is 0 Å². The molecule has 0 saturated heterocycles. The summed E-state index contributed by atoms with van der Waals surface area (Å²) >= 11 is 3.36. The van der Waals surface area contributed by atoms with E-state index < -0.39 is 0 Å². The molecule has 0 bridgehead atoms.